The molecule has 0 bridgehead atoms. The lowest BCUT2D eigenvalue weighted by Gasteiger charge is -2.38. The molecule has 9 heteroatoms. The first kappa shape index (κ1) is 22.7. The van der Waals surface area contributed by atoms with Gasteiger partial charge in [0.15, 0.2) is 4.73 Å². The van der Waals surface area contributed by atoms with Gasteiger partial charge in [-0.05, 0) is 74.2 Å². The van der Waals surface area contributed by atoms with Crippen molar-refractivity contribution in [2.45, 2.75) is 64.9 Å². The van der Waals surface area contributed by atoms with Crippen molar-refractivity contribution >= 4 is 22.0 Å². The van der Waals surface area contributed by atoms with E-state index in [-0.39, 0.29) is 6.04 Å². The molecule has 30 heavy (non-hydrogen) atoms. The lowest BCUT2D eigenvalue weighted by Crippen LogP contribution is -2.45. The molecule has 1 aliphatic heterocycles. The van der Waals surface area contributed by atoms with Gasteiger partial charge in [0.25, 0.3) is 0 Å². The summed E-state index contributed by atoms with van der Waals surface area (Å²) >= 11 is 3.47. The Bertz CT molecular complexity index is 917. The quantitative estimate of drug-likeness (QED) is 0.541. The molecular formula is C21H25BrF3N3O2. The first-order chi connectivity index (χ1) is 13.9. The highest BCUT2D eigenvalue weighted by Gasteiger charge is 2.36. The second kappa shape index (κ2) is 8.24. The topological polar surface area (TPSA) is 47.4 Å². The van der Waals surface area contributed by atoms with Crippen molar-refractivity contribution in [3.05, 3.63) is 51.5 Å². The summed E-state index contributed by atoms with van der Waals surface area (Å²) < 4.78 is 46.8. The Morgan fingerprint density at radius 2 is 1.83 bits per heavy atom. The Hall–Kier alpha value is -2.03. The number of carbonyl (C=O) groups excluding carboxylic acids is 1. The fraction of sp³-hybridized carbons (Fsp3) is 0.524. The molecule has 1 aromatic heterocycles. The van der Waals surface area contributed by atoms with Gasteiger partial charge in [-0.15, -0.1) is 0 Å². The highest BCUT2D eigenvalue weighted by Crippen LogP contribution is 2.36. The van der Waals surface area contributed by atoms with Gasteiger partial charge in [0.05, 0.1) is 23.0 Å². The smallest absolute Gasteiger partial charge is 0.416 e. The number of aryl methyl sites for hydroxylation is 2. The Morgan fingerprint density at radius 3 is 2.40 bits per heavy atom. The third-order valence-electron chi connectivity index (χ3n) is 5.02. The van der Waals surface area contributed by atoms with E-state index in [0.29, 0.717) is 30.7 Å². The Kier molecular flexibility index (Phi) is 6.23. The van der Waals surface area contributed by atoms with E-state index in [1.165, 1.54) is 12.1 Å². The van der Waals surface area contributed by atoms with Gasteiger partial charge in [-0.3, -0.25) is 4.90 Å². The third-order valence-corrected chi connectivity index (χ3v) is 5.62. The van der Waals surface area contributed by atoms with Gasteiger partial charge in [-0.1, -0.05) is 12.1 Å². The van der Waals surface area contributed by atoms with Crippen molar-refractivity contribution in [1.82, 2.24) is 14.5 Å². The van der Waals surface area contributed by atoms with Crippen LogP contribution in [0.2, 0.25) is 0 Å². The fourth-order valence-corrected chi connectivity index (χ4v) is 4.33. The molecule has 0 aliphatic carbocycles. The molecule has 0 N–H and O–H groups in total. The maximum atomic E-state index is 12.9. The van der Waals surface area contributed by atoms with Crippen molar-refractivity contribution < 1.29 is 22.7 Å². The lowest BCUT2D eigenvalue weighted by molar-refractivity contribution is -0.137. The van der Waals surface area contributed by atoms with Gasteiger partial charge < -0.3 is 9.30 Å². The van der Waals surface area contributed by atoms with E-state index in [4.69, 9.17) is 4.74 Å². The molecule has 2 heterocycles. The molecule has 1 aromatic carbocycles. The van der Waals surface area contributed by atoms with E-state index in [1.807, 2.05) is 32.3 Å². The molecule has 0 fully saturated rings. The predicted octanol–water partition coefficient (Wildman–Crippen LogP) is 5.90. The van der Waals surface area contributed by atoms with Crippen molar-refractivity contribution in [2.75, 3.05) is 6.54 Å². The number of benzene rings is 1. The predicted molar refractivity (Wildman–Crippen MR) is 110 cm³/mol. The zero-order valence-electron chi connectivity index (χ0n) is 17.4. The number of aromatic nitrogens is 2. The summed E-state index contributed by atoms with van der Waals surface area (Å²) in [6, 6.07) is 4.88. The standard InChI is InChI=1S/C21H25BrF3N3O2/c1-13-17-16(10-7-14-5-8-15(9-6-14)21(23,24)25)27(19(29)30-20(2,3)4)11-12-28(17)18(22)26-13/h5-6,8-9,16H,7,10-12H2,1-4H3. The Balaban J connectivity index is 1.84. The normalized spacial score (nSPS) is 17.1. The Labute approximate surface area is 182 Å². The van der Waals surface area contributed by atoms with Crippen LogP contribution in [0.5, 0.6) is 0 Å². The molecule has 0 saturated carbocycles. The average Bonchev–Trinajstić information content (AvgIpc) is 2.92. The van der Waals surface area contributed by atoms with Gasteiger partial charge in [0.2, 0.25) is 0 Å². The number of rotatable bonds is 3. The van der Waals surface area contributed by atoms with Crippen molar-refractivity contribution in [2.24, 2.45) is 0 Å². The molecule has 164 valence electrons. The molecule has 1 aliphatic rings. The van der Waals surface area contributed by atoms with Crippen LogP contribution in [-0.2, 0) is 23.9 Å². The highest BCUT2D eigenvalue weighted by atomic mass is 79.9. The molecule has 0 saturated heterocycles. The molecular weight excluding hydrogens is 463 g/mol. The minimum atomic E-state index is -4.36. The SMILES string of the molecule is Cc1nc(Br)n2c1C(CCc1ccc(C(F)(F)F)cc1)N(C(=O)OC(C)(C)C)CC2. The van der Waals surface area contributed by atoms with Crippen LogP contribution < -0.4 is 0 Å². The minimum absolute atomic E-state index is 0.283. The van der Waals surface area contributed by atoms with Crippen LogP contribution in [0.25, 0.3) is 0 Å². The monoisotopic (exact) mass is 487 g/mol. The highest BCUT2D eigenvalue weighted by molar-refractivity contribution is 9.10. The summed E-state index contributed by atoms with van der Waals surface area (Å²) in [4.78, 5) is 19.0. The van der Waals surface area contributed by atoms with Gasteiger partial charge in [-0.25, -0.2) is 9.78 Å². The van der Waals surface area contributed by atoms with Gasteiger partial charge in [-0.2, -0.15) is 13.2 Å². The van der Waals surface area contributed by atoms with Crippen LogP contribution in [0, 0.1) is 6.92 Å². The van der Waals surface area contributed by atoms with Gasteiger partial charge in [0, 0.05) is 13.1 Å². The number of fused-ring (bicyclic) bond motifs is 1. The van der Waals surface area contributed by atoms with Crippen LogP contribution in [0.1, 0.15) is 55.7 Å². The van der Waals surface area contributed by atoms with Gasteiger partial charge in [0.1, 0.15) is 5.60 Å². The van der Waals surface area contributed by atoms with Crippen LogP contribution in [0.15, 0.2) is 29.0 Å². The summed E-state index contributed by atoms with van der Waals surface area (Å²) in [7, 11) is 0. The largest absolute Gasteiger partial charge is 0.444 e. The number of nitrogens with zero attached hydrogens (tertiary/aromatic N) is 3. The van der Waals surface area contributed by atoms with E-state index < -0.39 is 23.4 Å². The fourth-order valence-electron chi connectivity index (χ4n) is 3.69. The molecule has 1 unspecified atom stereocenters. The molecule has 0 radical (unpaired) electrons. The van der Waals surface area contributed by atoms with E-state index in [2.05, 4.69) is 20.9 Å². The molecule has 1 amide bonds. The van der Waals surface area contributed by atoms with Crippen LogP contribution >= 0.6 is 15.9 Å². The molecule has 5 nitrogen and oxygen atoms in total. The number of hydrogen-bond acceptors (Lipinski definition) is 3. The van der Waals surface area contributed by atoms with Crippen molar-refractivity contribution in [3.63, 3.8) is 0 Å². The third kappa shape index (κ3) is 4.99. The van der Waals surface area contributed by atoms with Crippen molar-refractivity contribution in [3.8, 4) is 0 Å². The molecule has 0 spiro atoms. The number of halogens is 4. The van der Waals surface area contributed by atoms with E-state index in [1.54, 1.807) is 4.90 Å². The summed E-state index contributed by atoms with van der Waals surface area (Å²) in [5.41, 5.74) is 1.22. The first-order valence-corrected chi connectivity index (χ1v) is 10.5. The lowest BCUT2D eigenvalue weighted by atomic mass is 9.98. The Morgan fingerprint density at radius 1 is 1.20 bits per heavy atom. The zero-order chi connectivity index (χ0) is 22.3. The van der Waals surface area contributed by atoms with Crippen LogP contribution in [0.3, 0.4) is 0 Å². The zero-order valence-corrected chi connectivity index (χ0v) is 19.0. The summed E-state index contributed by atoms with van der Waals surface area (Å²) in [6.45, 7) is 8.40. The van der Waals surface area contributed by atoms with Crippen LogP contribution in [0.4, 0.5) is 18.0 Å². The molecule has 1 atom stereocenters. The number of carbonyl (C=O) groups is 1. The summed E-state index contributed by atoms with van der Waals surface area (Å²) in [5.74, 6) is 0. The average molecular weight is 488 g/mol. The maximum absolute atomic E-state index is 12.9. The van der Waals surface area contributed by atoms with E-state index in [9.17, 15) is 18.0 Å². The summed E-state index contributed by atoms with van der Waals surface area (Å²) in [6.07, 6.45) is -3.69. The maximum Gasteiger partial charge on any atom is 0.416 e. The number of alkyl halides is 3. The molecule has 3 rings (SSSR count). The van der Waals surface area contributed by atoms with Gasteiger partial charge >= 0.3 is 12.3 Å². The van der Waals surface area contributed by atoms with E-state index in [0.717, 1.165) is 29.1 Å². The number of hydrogen-bond donors (Lipinski definition) is 0. The second-order valence-electron chi connectivity index (χ2n) is 8.43. The second-order valence-corrected chi connectivity index (χ2v) is 9.14. The first-order valence-electron chi connectivity index (χ1n) is 9.75. The van der Waals surface area contributed by atoms with E-state index >= 15 is 0 Å². The number of amides is 1. The number of imidazole rings is 1. The minimum Gasteiger partial charge on any atom is -0.444 e. The summed E-state index contributed by atoms with van der Waals surface area (Å²) in [5, 5.41) is 0. The van der Waals surface area contributed by atoms with Crippen LogP contribution in [-0.4, -0.2) is 32.7 Å². The number of ether oxygens (including phenoxy) is 1. The molecule has 2 aromatic rings. The van der Waals surface area contributed by atoms with Crippen molar-refractivity contribution in [1.29, 1.82) is 0 Å².